The van der Waals surface area contributed by atoms with E-state index in [0.29, 0.717) is 18.8 Å². The molecule has 1 aromatic rings. The summed E-state index contributed by atoms with van der Waals surface area (Å²) in [6.07, 6.45) is 4.27. The van der Waals surface area contributed by atoms with E-state index in [4.69, 9.17) is 0 Å². The molecule has 0 unspecified atom stereocenters. The lowest BCUT2D eigenvalue weighted by Gasteiger charge is -2.24. The monoisotopic (exact) mass is 337 g/mol. The molecule has 0 spiro atoms. The van der Waals surface area contributed by atoms with Crippen molar-refractivity contribution in [3.8, 4) is 0 Å². The molecule has 5 nitrogen and oxygen atoms in total. The molecule has 7 heteroatoms. The number of benzene rings is 1. The van der Waals surface area contributed by atoms with E-state index in [1.807, 2.05) is 4.90 Å². The van der Waals surface area contributed by atoms with Crippen molar-refractivity contribution in [3.63, 3.8) is 0 Å². The summed E-state index contributed by atoms with van der Waals surface area (Å²) in [5.41, 5.74) is 0.309. The van der Waals surface area contributed by atoms with Crippen molar-refractivity contribution in [2.24, 2.45) is 0 Å². The molecule has 2 aliphatic rings. The standard InChI is InChI=1S/C17H21F2N3O2/c18-14-6-5-13(11-15(14)19)22-10-9-21(17(22)24)12-16(23)20-7-3-1-2-4-8-20/h5-6,11H,1-4,7-10,12H2. The molecule has 0 atom stereocenters. The molecule has 130 valence electrons. The van der Waals surface area contributed by atoms with E-state index in [1.54, 1.807) is 0 Å². The largest absolute Gasteiger partial charge is 0.341 e. The van der Waals surface area contributed by atoms with Crippen LogP contribution in [0, 0.1) is 11.6 Å². The summed E-state index contributed by atoms with van der Waals surface area (Å²) in [6.45, 7) is 2.29. The summed E-state index contributed by atoms with van der Waals surface area (Å²) in [4.78, 5) is 29.5. The number of halogens is 2. The lowest BCUT2D eigenvalue weighted by molar-refractivity contribution is -0.131. The van der Waals surface area contributed by atoms with Crippen LogP contribution < -0.4 is 4.90 Å². The van der Waals surface area contributed by atoms with Crippen LogP contribution in [-0.2, 0) is 4.79 Å². The lowest BCUT2D eigenvalue weighted by Crippen LogP contribution is -2.42. The van der Waals surface area contributed by atoms with Crippen LogP contribution >= 0.6 is 0 Å². The van der Waals surface area contributed by atoms with Gasteiger partial charge in [0.1, 0.15) is 6.54 Å². The molecule has 2 fully saturated rings. The van der Waals surface area contributed by atoms with Gasteiger partial charge in [-0.3, -0.25) is 9.69 Å². The molecule has 0 saturated carbocycles. The molecule has 3 rings (SSSR count). The Hall–Kier alpha value is -2.18. The highest BCUT2D eigenvalue weighted by Gasteiger charge is 2.32. The van der Waals surface area contributed by atoms with Crippen molar-refractivity contribution in [3.05, 3.63) is 29.8 Å². The first-order valence-corrected chi connectivity index (χ1v) is 8.35. The van der Waals surface area contributed by atoms with Crippen LogP contribution in [0.2, 0.25) is 0 Å². The molecule has 2 aliphatic heterocycles. The summed E-state index contributed by atoms with van der Waals surface area (Å²) >= 11 is 0. The van der Waals surface area contributed by atoms with Gasteiger partial charge in [-0.05, 0) is 25.0 Å². The average Bonchev–Trinajstić information content (AvgIpc) is 2.79. The minimum Gasteiger partial charge on any atom is -0.341 e. The van der Waals surface area contributed by atoms with E-state index in [-0.39, 0.29) is 18.5 Å². The van der Waals surface area contributed by atoms with Gasteiger partial charge in [-0.1, -0.05) is 12.8 Å². The van der Waals surface area contributed by atoms with Gasteiger partial charge in [-0.25, -0.2) is 13.6 Å². The van der Waals surface area contributed by atoms with Crippen molar-refractivity contribution in [2.75, 3.05) is 37.6 Å². The fourth-order valence-corrected chi connectivity index (χ4v) is 3.21. The highest BCUT2D eigenvalue weighted by Crippen LogP contribution is 2.22. The van der Waals surface area contributed by atoms with Crippen molar-refractivity contribution < 1.29 is 18.4 Å². The van der Waals surface area contributed by atoms with Gasteiger partial charge in [0, 0.05) is 37.9 Å². The first kappa shape index (κ1) is 16.7. The Morgan fingerprint density at radius 3 is 2.33 bits per heavy atom. The number of nitrogens with zero attached hydrogens (tertiary/aromatic N) is 3. The quantitative estimate of drug-likeness (QED) is 0.851. The van der Waals surface area contributed by atoms with Gasteiger partial charge in [0.05, 0.1) is 0 Å². The lowest BCUT2D eigenvalue weighted by atomic mass is 10.2. The zero-order valence-electron chi connectivity index (χ0n) is 13.5. The van der Waals surface area contributed by atoms with Gasteiger partial charge >= 0.3 is 6.03 Å². The summed E-state index contributed by atoms with van der Waals surface area (Å²) in [6, 6.07) is 3.04. The zero-order chi connectivity index (χ0) is 17.1. The molecule has 0 aromatic heterocycles. The smallest absolute Gasteiger partial charge is 0.325 e. The third-order valence-electron chi connectivity index (χ3n) is 4.59. The Balaban J connectivity index is 1.63. The molecule has 0 radical (unpaired) electrons. The van der Waals surface area contributed by atoms with Gasteiger partial charge in [0.2, 0.25) is 5.91 Å². The predicted octanol–water partition coefficient (Wildman–Crippen LogP) is 2.61. The van der Waals surface area contributed by atoms with Crippen LogP contribution in [0.4, 0.5) is 19.3 Å². The van der Waals surface area contributed by atoms with E-state index < -0.39 is 11.6 Å². The third kappa shape index (κ3) is 3.49. The SMILES string of the molecule is O=C(CN1CCN(c2ccc(F)c(F)c2)C1=O)N1CCCCCC1. The number of carbonyl (C=O) groups excluding carboxylic acids is 2. The minimum atomic E-state index is -0.987. The summed E-state index contributed by atoms with van der Waals surface area (Å²) < 4.78 is 26.4. The molecule has 3 amide bonds. The van der Waals surface area contributed by atoms with Crippen molar-refractivity contribution in [2.45, 2.75) is 25.7 Å². The Labute approximate surface area is 139 Å². The number of carbonyl (C=O) groups is 2. The number of hydrogen-bond donors (Lipinski definition) is 0. The second-order valence-corrected chi connectivity index (χ2v) is 6.25. The van der Waals surface area contributed by atoms with Crippen LogP contribution in [0.3, 0.4) is 0 Å². The number of anilines is 1. The number of urea groups is 1. The zero-order valence-corrected chi connectivity index (χ0v) is 13.5. The first-order chi connectivity index (χ1) is 11.6. The Bertz CT molecular complexity index is 630. The average molecular weight is 337 g/mol. The van der Waals surface area contributed by atoms with Crippen molar-refractivity contribution in [1.82, 2.24) is 9.80 Å². The van der Waals surface area contributed by atoms with Crippen molar-refractivity contribution >= 4 is 17.6 Å². The van der Waals surface area contributed by atoms with Gasteiger partial charge in [0.15, 0.2) is 11.6 Å². The molecule has 2 saturated heterocycles. The molecule has 2 heterocycles. The number of rotatable bonds is 3. The first-order valence-electron chi connectivity index (χ1n) is 8.35. The van der Waals surface area contributed by atoms with E-state index in [0.717, 1.165) is 50.9 Å². The van der Waals surface area contributed by atoms with Crippen molar-refractivity contribution in [1.29, 1.82) is 0 Å². The highest BCUT2D eigenvalue weighted by atomic mass is 19.2. The maximum absolute atomic E-state index is 13.4. The fourth-order valence-electron chi connectivity index (χ4n) is 3.21. The molecule has 0 aliphatic carbocycles. The molecule has 24 heavy (non-hydrogen) atoms. The van der Waals surface area contributed by atoms with E-state index in [2.05, 4.69) is 0 Å². The van der Waals surface area contributed by atoms with Crippen LogP contribution in [-0.4, -0.2) is 54.5 Å². The summed E-state index contributed by atoms with van der Waals surface area (Å²) in [7, 11) is 0. The van der Waals surface area contributed by atoms with Crippen LogP contribution in [0.15, 0.2) is 18.2 Å². The van der Waals surface area contributed by atoms with E-state index in [9.17, 15) is 18.4 Å². The maximum Gasteiger partial charge on any atom is 0.325 e. The number of amides is 3. The van der Waals surface area contributed by atoms with Gasteiger partial charge in [-0.15, -0.1) is 0 Å². The normalized spacial score (nSPS) is 18.9. The molecule has 0 N–H and O–H groups in total. The Kier molecular flexibility index (Phi) is 4.97. The van der Waals surface area contributed by atoms with Crippen LogP contribution in [0.25, 0.3) is 0 Å². The second-order valence-electron chi connectivity index (χ2n) is 6.25. The maximum atomic E-state index is 13.4. The topological polar surface area (TPSA) is 43.9 Å². The van der Waals surface area contributed by atoms with Gasteiger partial charge in [0.25, 0.3) is 0 Å². The van der Waals surface area contributed by atoms with Gasteiger partial charge in [-0.2, -0.15) is 0 Å². The minimum absolute atomic E-state index is 0.0407. The van der Waals surface area contributed by atoms with E-state index in [1.165, 1.54) is 15.9 Å². The number of hydrogen-bond acceptors (Lipinski definition) is 2. The number of likely N-dealkylation sites (tertiary alicyclic amines) is 1. The second kappa shape index (κ2) is 7.15. The third-order valence-corrected chi connectivity index (χ3v) is 4.59. The van der Waals surface area contributed by atoms with E-state index >= 15 is 0 Å². The Morgan fingerprint density at radius 2 is 1.67 bits per heavy atom. The molecule has 1 aromatic carbocycles. The van der Waals surface area contributed by atoms with Crippen LogP contribution in [0.5, 0.6) is 0 Å². The van der Waals surface area contributed by atoms with Gasteiger partial charge < -0.3 is 9.80 Å². The summed E-state index contributed by atoms with van der Waals surface area (Å²) in [5.74, 6) is -1.98. The summed E-state index contributed by atoms with van der Waals surface area (Å²) in [5, 5.41) is 0. The molecular formula is C17H21F2N3O2. The fraction of sp³-hybridized carbons (Fsp3) is 0.529. The Morgan fingerprint density at radius 1 is 0.958 bits per heavy atom. The molecular weight excluding hydrogens is 316 g/mol. The molecule has 0 bridgehead atoms. The highest BCUT2D eigenvalue weighted by molar-refractivity contribution is 5.96. The van der Waals surface area contributed by atoms with Crippen LogP contribution in [0.1, 0.15) is 25.7 Å². The predicted molar refractivity (Wildman–Crippen MR) is 85.7 cm³/mol.